The molecule has 0 radical (unpaired) electrons. The van der Waals surface area contributed by atoms with Crippen LogP contribution >= 0.6 is 0 Å². The summed E-state index contributed by atoms with van der Waals surface area (Å²) in [5.74, 6) is 2.70. The second-order valence-electron chi connectivity index (χ2n) is 11.5. The summed E-state index contributed by atoms with van der Waals surface area (Å²) in [5.41, 5.74) is 10.2. The van der Waals surface area contributed by atoms with Crippen LogP contribution in [0.1, 0.15) is 16.7 Å². The molecule has 3 saturated heterocycles. The van der Waals surface area contributed by atoms with Crippen LogP contribution < -0.4 is 14.2 Å². The fourth-order valence-corrected chi connectivity index (χ4v) is 5.14. The molecule has 3 unspecified atom stereocenters. The predicted octanol–water partition coefficient (Wildman–Crippen LogP) is 6.95. The van der Waals surface area contributed by atoms with Crippen LogP contribution in [0.15, 0.2) is 72.8 Å². The summed E-state index contributed by atoms with van der Waals surface area (Å²) in [6.07, 6.45) is 0.689. The highest BCUT2D eigenvalue weighted by atomic mass is 16.6. The van der Waals surface area contributed by atoms with Crippen molar-refractivity contribution in [3.8, 4) is 50.6 Å². The van der Waals surface area contributed by atoms with Crippen molar-refractivity contribution in [1.82, 2.24) is 0 Å². The van der Waals surface area contributed by atoms with Gasteiger partial charge in [-0.05, 0) is 125 Å². The van der Waals surface area contributed by atoms with Gasteiger partial charge < -0.3 is 28.4 Å². The van der Waals surface area contributed by atoms with Gasteiger partial charge in [-0.15, -0.1) is 0 Å². The van der Waals surface area contributed by atoms with Gasteiger partial charge in [0.05, 0.1) is 19.8 Å². The third-order valence-electron chi connectivity index (χ3n) is 7.94. The van der Waals surface area contributed by atoms with Crippen LogP contribution in [0.2, 0.25) is 0 Å². The molecule has 3 aliphatic heterocycles. The Bertz CT molecular complexity index is 1400. The van der Waals surface area contributed by atoms with Gasteiger partial charge in [-0.3, -0.25) is 0 Å². The first kappa shape index (κ1) is 27.0. The largest absolute Gasteiger partial charge is 0.491 e. The van der Waals surface area contributed by atoms with Crippen LogP contribution in [0.25, 0.3) is 33.4 Å². The Balaban J connectivity index is 1.23. The second-order valence-corrected chi connectivity index (χ2v) is 11.5. The zero-order chi connectivity index (χ0) is 28.6. The van der Waals surface area contributed by atoms with Gasteiger partial charge in [0, 0.05) is 0 Å². The number of hydrogen-bond acceptors (Lipinski definition) is 6. The molecular formula is C36H36O6. The molecule has 42 heavy (non-hydrogen) atoms. The Morgan fingerprint density at radius 3 is 0.976 bits per heavy atom. The summed E-state index contributed by atoms with van der Waals surface area (Å²) in [4.78, 5) is 0. The quantitative estimate of drug-likeness (QED) is 0.174. The van der Waals surface area contributed by atoms with Gasteiger partial charge in [-0.1, -0.05) is 18.2 Å². The SMILES string of the molecule is Cc1cc(-c2cc(-c3ccc(OCC4CO4)c(C)c3)cc(-c3ccc(OCC4CO4)c(C)c3)c2)ccc1OCC1CO1. The summed E-state index contributed by atoms with van der Waals surface area (Å²) in [7, 11) is 0. The minimum atomic E-state index is 0.230. The third kappa shape index (κ3) is 6.46. The Morgan fingerprint density at radius 1 is 0.452 bits per heavy atom. The first-order chi connectivity index (χ1) is 20.5. The molecule has 7 rings (SSSR count). The van der Waals surface area contributed by atoms with E-state index in [1.807, 2.05) is 0 Å². The molecule has 4 aromatic rings. The van der Waals surface area contributed by atoms with Gasteiger partial charge in [-0.2, -0.15) is 0 Å². The molecule has 0 spiro atoms. The summed E-state index contributed by atoms with van der Waals surface area (Å²) in [5, 5.41) is 0. The number of epoxide rings is 3. The summed E-state index contributed by atoms with van der Waals surface area (Å²) in [6.45, 7) is 10.4. The lowest BCUT2D eigenvalue weighted by atomic mass is 9.92. The van der Waals surface area contributed by atoms with Gasteiger partial charge in [0.2, 0.25) is 0 Å². The smallest absolute Gasteiger partial charge is 0.122 e. The maximum atomic E-state index is 6.00. The summed E-state index contributed by atoms with van der Waals surface area (Å²) >= 11 is 0. The molecule has 0 saturated carbocycles. The molecule has 0 aromatic heterocycles. The first-order valence-electron chi connectivity index (χ1n) is 14.7. The molecule has 3 heterocycles. The van der Waals surface area contributed by atoms with E-state index in [1.54, 1.807) is 0 Å². The van der Waals surface area contributed by atoms with Crippen molar-refractivity contribution in [1.29, 1.82) is 0 Å². The zero-order valence-electron chi connectivity index (χ0n) is 24.4. The van der Waals surface area contributed by atoms with E-state index in [4.69, 9.17) is 28.4 Å². The van der Waals surface area contributed by atoms with Crippen molar-refractivity contribution in [3.63, 3.8) is 0 Å². The van der Waals surface area contributed by atoms with Crippen LogP contribution in [0.4, 0.5) is 0 Å². The molecule has 3 atom stereocenters. The van der Waals surface area contributed by atoms with Crippen molar-refractivity contribution in [2.24, 2.45) is 0 Å². The second kappa shape index (κ2) is 11.4. The number of ether oxygens (including phenoxy) is 6. The maximum absolute atomic E-state index is 6.00. The van der Waals surface area contributed by atoms with Gasteiger partial charge >= 0.3 is 0 Å². The minimum absolute atomic E-state index is 0.230. The number of rotatable bonds is 12. The predicted molar refractivity (Wildman–Crippen MR) is 163 cm³/mol. The normalized spacial score (nSPS) is 20.2. The fourth-order valence-electron chi connectivity index (χ4n) is 5.14. The Kier molecular flexibility index (Phi) is 7.36. The van der Waals surface area contributed by atoms with Crippen molar-refractivity contribution in [2.45, 2.75) is 39.1 Å². The number of hydrogen-bond donors (Lipinski definition) is 0. The number of aryl methyl sites for hydroxylation is 3. The van der Waals surface area contributed by atoms with Crippen molar-refractivity contribution >= 4 is 0 Å². The first-order valence-corrected chi connectivity index (χ1v) is 14.7. The fraction of sp³-hybridized carbons (Fsp3) is 0.333. The van der Waals surface area contributed by atoms with Crippen molar-refractivity contribution in [2.75, 3.05) is 39.6 Å². The number of benzene rings is 4. The topological polar surface area (TPSA) is 65.3 Å². The molecule has 0 amide bonds. The van der Waals surface area contributed by atoms with Gasteiger partial charge in [0.1, 0.15) is 55.4 Å². The molecule has 6 nitrogen and oxygen atoms in total. The van der Waals surface area contributed by atoms with E-state index in [0.717, 1.165) is 87.1 Å². The van der Waals surface area contributed by atoms with Crippen LogP contribution in [-0.4, -0.2) is 58.0 Å². The van der Waals surface area contributed by atoms with Crippen LogP contribution in [0, 0.1) is 20.8 Å². The van der Waals surface area contributed by atoms with Crippen molar-refractivity contribution < 1.29 is 28.4 Å². The molecule has 3 fully saturated rings. The molecule has 0 N–H and O–H groups in total. The molecule has 0 bridgehead atoms. The molecule has 3 aliphatic rings. The molecule has 6 heteroatoms. The van der Waals surface area contributed by atoms with Gasteiger partial charge in [0.25, 0.3) is 0 Å². The lowest BCUT2D eigenvalue weighted by Crippen LogP contribution is -2.05. The van der Waals surface area contributed by atoms with Crippen LogP contribution in [0.5, 0.6) is 17.2 Å². The van der Waals surface area contributed by atoms with E-state index >= 15 is 0 Å². The molecule has 216 valence electrons. The molecule has 4 aromatic carbocycles. The third-order valence-corrected chi connectivity index (χ3v) is 7.94. The van der Waals surface area contributed by atoms with E-state index < -0.39 is 0 Å². The Morgan fingerprint density at radius 2 is 0.738 bits per heavy atom. The Hall–Kier alpha value is -3.84. The minimum Gasteiger partial charge on any atom is -0.491 e. The standard InChI is InChI=1S/C36H36O6/c1-22-10-25(4-7-34(22)40-19-31-16-37-31)28-13-29(26-5-8-35(23(2)11-26)41-20-32-17-38-32)15-30(14-28)27-6-9-36(24(3)12-27)42-21-33-18-39-33/h4-15,31-33H,16-21H2,1-3H3. The average Bonchev–Trinajstić information content (AvgIpc) is 3.85. The van der Waals surface area contributed by atoms with Crippen LogP contribution in [0.3, 0.4) is 0 Å². The maximum Gasteiger partial charge on any atom is 0.122 e. The van der Waals surface area contributed by atoms with Gasteiger partial charge in [0.15, 0.2) is 0 Å². The molecule has 0 aliphatic carbocycles. The highest BCUT2D eigenvalue weighted by Gasteiger charge is 2.25. The Labute approximate surface area is 247 Å². The monoisotopic (exact) mass is 564 g/mol. The van der Waals surface area contributed by atoms with Gasteiger partial charge in [-0.25, -0.2) is 0 Å². The highest BCUT2D eigenvalue weighted by molar-refractivity contribution is 5.82. The van der Waals surface area contributed by atoms with E-state index in [2.05, 4.69) is 93.6 Å². The zero-order valence-corrected chi connectivity index (χ0v) is 24.4. The van der Waals surface area contributed by atoms with Crippen LogP contribution in [-0.2, 0) is 14.2 Å². The van der Waals surface area contributed by atoms with E-state index in [1.165, 1.54) is 0 Å². The molecular weight excluding hydrogens is 528 g/mol. The van der Waals surface area contributed by atoms with E-state index in [0.29, 0.717) is 19.8 Å². The lowest BCUT2D eigenvalue weighted by molar-refractivity contribution is 0.262. The average molecular weight is 565 g/mol. The summed E-state index contributed by atoms with van der Waals surface area (Å²) in [6, 6.07) is 26.0. The van der Waals surface area contributed by atoms with Crippen molar-refractivity contribution in [3.05, 3.63) is 89.5 Å². The van der Waals surface area contributed by atoms with E-state index in [9.17, 15) is 0 Å². The summed E-state index contributed by atoms with van der Waals surface area (Å²) < 4.78 is 33.9. The highest BCUT2D eigenvalue weighted by Crippen LogP contribution is 2.37. The lowest BCUT2D eigenvalue weighted by Gasteiger charge is -2.15. The van der Waals surface area contributed by atoms with E-state index in [-0.39, 0.29) is 18.3 Å².